The van der Waals surface area contributed by atoms with E-state index in [2.05, 4.69) is 5.32 Å². The van der Waals surface area contributed by atoms with E-state index in [0.29, 0.717) is 11.9 Å². The molecule has 2 unspecified atom stereocenters. The third-order valence-electron chi connectivity index (χ3n) is 2.63. The van der Waals surface area contributed by atoms with Crippen LogP contribution in [0, 0.1) is 17.6 Å². The van der Waals surface area contributed by atoms with E-state index in [1.165, 1.54) is 0 Å². The lowest BCUT2D eigenvalue weighted by Crippen LogP contribution is -2.38. The molecule has 17 heavy (non-hydrogen) atoms. The van der Waals surface area contributed by atoms with Gasteiger partial charge in [-0.3, -0.25) is 4.79 Å². The number of halogens is 3. The normalized spacial score (nSPS) is 14.2. The topological polar surface area (TPSA) is 29.1 Å². The Balaban J connectivity index is 2.76. The predicted molar refractivity (Wildman–Crippen MR) is 63.2 cm³/mol. The van der Waals surface area contributed by atoms with Gasteiger partial charge in [-0.15, -0.1) is 11.6 Å². The van der Waals surface area contributed by atoms with Crippen LogP contribution in [0.25, 0.3) is 0 Å². The summed E-state index contributed by atoms with van der Waals surface area (Å²) in [4.78, 5) is 11.7. The largest absolute Gasteiger partial charge is 0.349 e. The van der Waals surface area contributed by atoms with Crippen molar-refractivity contribution in [3.8, 4) is 0 Å². The number of hydrogen-bond acceptors (Lipinski definition) is 1. The van der Waals surface area contributed by atoms with Crippen LogP contribution >= 0.6 is 11.6 Å². The zero-order chi connectivity index (χ0) is 13.0. The fourth-order valence-corrected chi connectivity index (χ4v) is 1.50. The Morgan fingerprint density at radius 3 is 2.59 bits per heavy atom. The van der Waals surface area contributed by atoms with E-state index in [9.17, 15) is 13.6 Å². The van der Waals surface area contributed by atoms with Gasteiger partial charge in [0.05, 0.1) is 5.56 Å². The molecule has 1 N–H and O–H groups in total. The number of hydrogen-bond donors (Lipinski definition) is 1. The molecule has 1 rings (SSSR count). The molecule has 0 aliphatic heterocycles. The maximum absolute atomic E-state index is 13.3. The summed E-state index contributed by atoms with van der Waals surface area (Å²) in [5.41, 5.74) is -0.167. The Morgan fingerprint density at radius 1 is 1.41 bits per heavy atom. The second-order valence-corrected chi connectivity index (χ2v) is 4.33. The highest BCUT2D eigenvalue weighted by molar-refractivity contribution is 6.18. The molecule has 0 saturated carbocycles. The van der Waals surface area contributed by atoms with E-state index in [1.807, 2.05) is 6.92 Å². The molecule has 2 atom stereocenters. The maximum Gasteiger partial charge on any atom is 0.254 e. The molecule has 1 amide bonds. The molecule has 0 fully saturated rings. The number of carbonyl (C=O) groups excluding carboxylic acids is 1. The van der Waals surface area contributed by atoms with Crippen molar-refractivity contribution in [2.75, 3.05) is 5.88 Å². The first kappa shape index (κ1) is 13.9. The Labute approximate surface area is 104 Å². The van der Waals surface area contributed by atoms with E-state index >= 15 is 0 Å². The highest BCUT2D eigenvalue weighted by Gasteiger charge is 2.17. The smallest absolute Gasteiger partial charge is 0.254 e. The van der Waals surface area contributed by atoms with E-state index in [1.54, 1.807) is 6.92 Å². The first-order valence-corrected chi connectivity index (χ1v) is 5.81. The summed E-state index contributed by atoms with van der Waals surface area (Å²) in [5.74, 6) is -1.67. The van der Waals surface area contributed by atoms with E-state index < -0.39 is 17.5 Å². The van der Waals surface area contributed by atoms with Gasteiger partial charge in [0, 0.05) is 18.0 Å². The van der Waals surface area contributed by atoms with Gasteiger partial charge in [-0.1, -0.05) is 6.92 Å². The highest BCUT2D eigenvalue weighted by atomic mass is 35.5. The molecule has 0 aromatic heterocycles. The molecular weight excluding hydrogens is 248 g/mol. The Bertz CT molecular complexity index is 411. The molecule has 0 aliphatic rings. The summed E-state index contributed by atoms with van der Waals surface area (Å²) in [7, 11) is 0. The van der Waals surface area contributed by atoms with Crippen LogP contribution in [0.15, 0.2) is 18.2 Å². The monoisotopic (exact) mass is 261 g/mol. The van der Waals surface area contributed by atoms with E-state index in [-0.39, 0.29) is 17.5 Å². The van der Waals surface area contributed by atoms with Gasteiger partial charge in [-0.25, -0.2) is 8.78 Å². The molecule has 0 saturated heterocycles. The quantitative estimate of drug-likeness (QED) is 0.830. The van der Waals surface area contributed by atoms with Crippen molar-refractivity contribution in [2.45, 2.75) is 19.9 Å². The molecule has 0 heterocycles. The molecule has 1 aromatic rings. The van der Waals surface area contributed by atoms with E-state index in [0.717, 1.165) is 12.1 Å². The average Bonchev–Trinajstić information content (AvgIpc) is 2.27. The number of benzene rings is 1. The minimum Gasteiger partial charge on any atom is -0.349 e. The zero-order valence-electron chi connectivity index (χ0n) is 9.64. The number of rotatable bonds is 4. The lowest BCUT2D eigenvalue weighted by molar-refractivity contribution is 0.0927. The molecular formula is C12H14ClF2NO. The number of carbonyl (C=O) groups is 1. The van der Waals surface area contributed by atoms with Crippen LogP contribution in [0.3, 0.4) is 0 Å². The third kappa shape index (κ3) is 3.66. The summed E-state index contributed by atoms with van der Waals surface area (Å²) in [5, 5.41) is 2.62. The zero-order valence-corrected chi connectivity index (χ0v) is 10.4. The van der Waals surface area contributed by atoms with Crippen LogP contribution in [-0.2, 0) is 0 Å². The van der Waals surface area contributed by atoms with Gasteiger partial charge in [-0.05, 0) is 25.0 Å². The predicted octanol–water partition coefficient (Wildman–Crippen LogP) is 2.96. The van der Waals surface area contributed by atoms with Crippen LogP contribution < -0.4 is 5.32 Å². The van der Waals surface area contributed by atoms with Gasteiger partial charge in [0.25, 0.3) is 5.91 Å². The summed E-state index contributed by atoms with van der Waals surface area (Å²) in [6.45, 7) is 3.66. The third-order valence-corrected chi connectivity index (χ3v) is 3.12. The summed E-state index contributed by atoms with van der Waals surface area (Å²) >= 11 is 5.65. The van der Waals surface area contributed by atoms with Crippen molar-refractivity contribution in [1.82, 2.24) is 5.32 Å². The standard InChI is InChI=1S/C12H14ClF2NO/c1-7(6-13)8(2)16-12(17)10-4-3-9(14)5-11(10)15/h3-5,7-8H,6H2,1-2H3,(H,16,17). The Hall–Kier alpha value is -1.16. The van der Waals surface area contributed by atoms with Gasteiger partial charge in [-0.2, -0.15) is 0 Å². The van der Waals surface area contributed by atoms with Gasteiger partial charge in [0.1, 0.15) is 11.6 Å². The second kappa shape index (κ2) is 5.96. The average molecular weight is 262 g/mol. The fraction of sp³-hybridized carbons (Fsp3) is 0.417. The number of alkyl halides is 1. The molecule has 2 nitrogen and oxygen atoms in total. The minimum absolute atomic E-state index is 0.0733. The molecule has 0 aliphatic carbocycles. The lowest BCUT2D eigenvalue weighted by Gasteiger charge is -2.19. The molecule has 5 heteroatoms. The van der Waals surface area contributed by atoms with Crippen LogP contribution in [-0.4, -0.2) is 17.8 Å². The summed E-state index contributed by atoms with van der Waals surface area (Å²) < 4.78 is 26.0. The molecule has 0 spiro atoms. The van der Waals surface area contributed by atoms with Gasteiger partial charge < -0.3 is 5.32 Å². The summed E-state index contributed by atoms with van der Waals surface area (Å²) in [6.07, 6.45) is 0. The first-order valence-electron chi connectivity index (χ1n) is 5.27. The van der Waals surface area contributed by atoms with E-state index in [4.69, 9.17) is 11.6 Å². The van der Waals surface area contributed by atoms with Crippen molar-refractivity contribution in [3.05, 3.63) is 35.4 Å². The van der Waals surface area contributed by atoms with Crippen molar-refractivity contribution < 1.29 is 13.6 Å². The van der Waals surface area contributed by atoms with Crippen LogP contribution in [0.2, 0.25) is 0 Å². The minimum atomic E-state index is -0.867. The first-order chi connectivity index (χ1) is 7.95. The Kier molecular flexibility index (Phi) is 4.87. The van der Waals surface area contributed by atoms with Crippen LogP contribution in [0.1, 0.15) is 24.2 Å². The van der Waals surface area contributed by atoms with Gasteiger partial charge >= 0.3 is 0 Å². The second-order valence-electron chi connectivity index (χ2n) is 4.02. The highest BCUT2D eigenvalue weighted by Crippen LogP contribution is 2.11. The lowest BCUT2D eigenvalue weighted by atomic mass is 10.1. The van der Waals surface area contributed by atoms with Crippen molar-refractivity contribution >= 4 is 17.5 Å². The summed E-state index contributed by atoms with van der Waals surface area (Å²) in [6, 6.07) is 2.68. The molecule has 1 aromatic carbocycles. The Morgan fingerprint density at radius 2 is 2.06 bits per heavy atom. The molecule has 0 radical (unpaired) electrons. The molecule has 0 bridgehead atoms. The SMILES string of the molecule is CC(CCl)C(C)NC(=O)c1ccc(F)cc1F. The fourth-order valence-electron chi connectivity index (χ4n) is 1.23. The number of amides is 1. The van der Waals surface area contributed by atoms with Crippen LogP contribution in [0.5, 0.6) is 0 Å². The van der Waals surface area contributed by atoms with Crippen molar-refractivity contribution in [2.24, 2.45) is 5.92 Å². The van der Waals surface area contributed by atoms with Gasteiger partial charge in [0.15, 0.2) is 0 Å². The molecule has 94 valence electrons. The van der Waals surface area contributed by atoms with Crippen molar-refractivity contribution in [1.29, 1.82) is 0 Å². The van der Waals surface area contributed by atoms with Crippen LogP contribution in [0.4, 0.5) is 8.78 Å². The maximum atomic E-state index is 13.3. The van der Waals surface area contributed by atoms with Gasteiger partial charge in [0.2, 0.25) is 0 Å². The number of nitrogens with one attached hydrogen (secondary N) is 1. The van der Waals surface area contributed by atoms with Crippen molar-refractivity contribution in [3.63, 3.8) is 0 Å².